The van der Waals surface area contributed by atoms with E-state index >= 15 is 0 Å². The van der Waals surface area contributed by atoms with E-state index in [1.807, 2.05) is 0 Å². The summed E-state index contributed by atoms with van der Waals surface area (Å²) in [5, 5.41) is 2.49. The van der Waals surface area contributed by atoms with Gasteiger partial charge in [-0.15, -0.1) is 13.2 Å². The number of benzene rings is 2. The molecular formula is C18H13F5N2O3. The highest BCUT2D eigenvalue weighted by Crippen LogP contribution is 2.28. The number of nitrogens with zero attached hydrogens (tertiary/aromatic N) is 1. The molecule has 1 atom stereocenters. The molecule has 0 unspecified atom stereocenters. The normalized spacial score (nSPS) is 17.0. The van der Waals surface area contributed by atoms with Crippen molar-refractivity contribution in [2.24, 2.45) is 5.92 Å². The van der Waals surface area contributed by atoms with Gasteiger partial charge in [-0.1, -0.05) is 0 Å². The van der Waals surface area contributed by atoms with Gasteiger partial charge in [0.1, 0.15) is 17.4 Å². The van der Waals surface area contributed by atoms with E-state index in [0.29, 0.717) is 6.07 Å². The van der Waals surface area contributed by atoms with Crippen molar-refractivity contribution in [3.05, 3.63) is 54.1 Å². The van der Waals surface area contributed by atoms with Crippen LogP contribution < -0.4 is 15.0 Å². The lowest BCUT2D eigenvalue weighted by Crippen LogP contribution is -2.28. The van der Waals surface area contributed by atoms with Crippen molar-refractivity contribution in [2.75, 3.05) is 16.8 Å². The summed E-state index contributed by atoms with van der Waals surface area (Å²) in [6.07, 6.45) is -4.99. The molecule has 0 bridgehead atoms. The van der Waals surface area contributed by atoms with Crippen molar-refractivity contribution in [3.8, 4) is 5.75 Å². The molecule has 1 N–H and O–H groups in total. The van der Waals surface area contributed by atoms with Gasteiger partial charge in [-0.3, -0.25) is 9.59 Å². The fourth-order valence-corrected chi connectivity index (χ4v) is 2.81. The molecule has 1 fully saturated rings. The molecule has 0 aromatic heterocycles. The van der Waals surface area contributed by atoms with Crippen molar-refractivity contribution < 1.29 is 36.3 Å². The quantitative estimate of drug-likeness (QED) is 0.794. The van der Waals surface area contributed by atoms with Gasteiger partial charge in [0, 0.05) is 30.4 Å². The number of carbonyl (C=O) groups excluding carboxylic acids is 2. The van der Waals surface area contributed by atoms with E-state index in [-0.39, 0.29) is 24.3 Å². The number of alkyl halides is 3. The van der Waals surface area contributed by atoms with E-state index in [0.717, 1.165) is 29.2 Å². The fraction of sp³-hybridized carbons (Fsp3) is 0.222. The number of rotatable bonds is 4. The Morgan fingerprint density at radius 3 is 2.25 bits per heavy atom. The first-order chi connectivity index (χ1) is 13.1. The van der Waals surface area contributed by atoms with Crippen LogP contribution in [0.3, 0.4) is 0 Å². The number of amides is 2. The fourth-order valence-electron chi connectivity index (χ4n) is 2.81. The molecule has 0 aliphatic carbocycles. The van der Waals surface area contributed by atoms with Crippen LogP contribution in [-0.2, 0) is 9.59 Å². The van der Waals surface area contributed by atoms with Crippen LogP contribution in [0.2, 0.25) is 0 Å². The number of ether oxygens (including phenoxy) is 1. The second kappa shape index (κ2) is 7.45. The number of anilines is 2. The highest BCUT2D eigenvalue weighted by atomic mass is 19.4. The first-order valence-corrected chi connectivity index (χ1v) is 8.04. The molecule has 3 rings (SSSR count). The van der Waals surface area contributed by atoms with Crippen LogP contribution in [0, 0.1) is 17.6 Å². The summed E-state index contributed by atoms with van der Waals surface area (Å²) < 4.78 is 66.9. The lowest BCUT2D eigenvalue weighted by molar-refractivity contribution is -0.274. The monoisotopic (exact) mass is 400 g/mol. The summed E-state index contributed by atoms with van der Waals surface area (Å²) in [6.45, 7) is -0.0805. The van der Waals surface area contributed by atoms with Gasteiger partial charge in [0.15, 0.2) is 0 Å². The van der Waals surface area contributed by atoms with E-state index in [1.54, 1.807) is 0 Å². The third-order valence-electron chi connectivity index (χ3n) is 4.01. The van der Waals surface area contributed by atoms with E-state index in [1.165, 1.54) is 12.1 Å². The van der Waals surface area contributed by atoms with Crippen molar-refractivity contribution in [1.29, 1.82) is 0 Å². The predicted molar refractivity (Wildman–Crippen MR) is 88.6 cm³/mol. The molecular weight excluding hydrogens is 387 g/mol. The Hall–Kier alpha value is -3.17. The average Bonchev–Trinajstić information content (AvgIpc) is 2.96. The molecule has 1 heterocycles. The number of hydrogen-bond acceptors (Lipinski definition) is 3. The van der Waals surface area contributed by atoms with Crippen molar-refractivity contribution >= 4 is 23.2 Å². The minimum Gasteiger partial charge on any atom is -0.406 e. The van der Waals surface area contributed by atoms with Crippen LogP contribution in [0.4, 0.5) is 33.3 Å². The molecule has 5 nitrogen and oxygen atoms in total. The van der Waals surface area contributed by atoms with Crippen molar-refractivity contribution in [1.82, 2.24) is 0 Å². The van der Waals surface area contributed by atoms with Crippen molar-refractivity contribution in [2.45, 2.75) is 12.8 Å². The van der Waals surface area contributed by atoms with Gasteiger partial charge in [-0.05, 0) is 36.4 Å². The van der Waals surface area contributed by atoms with Gasteiger partial charge >= 0.3 is 6.36 Å². The Morgan fingerprint density at radius 1 is 1.07 bits per heavy atom. The second-order valence-electron chi connectivity index (χ2n) is 6.09. The van der Waals surface area contributed by atoms with E-state index < -0.39 is 41.5 Å². The molecule has 0 spiro atoms. The van der Waals surface area contributed by atoms with Gasteiger partial charge in [0.2, 0.25) is 11.8 Å². The summed E-state index contributed by atoms with van der Waals surface area (Å²) >= 11 is 0. The Morgan fingerprint density at radius 2 is 1.68 bits per heavy atom. The smallest absolute Gasteiger partial charge is 0.406 e. The molecule has 148 valence electrons. The Balaban J connectivity index is 1.64. The SMILES string of the molecule is O=C(Nc1ccc(OC(F)(F)F)cc1)[C@H]1CC(=O)N(c2cc(F)cc(F)c2)C1. The number of nitrogens with one attached hydrogen (secondary N) is 1. The highest BCUT2D eigenvalue weighted by molar-refractivity contribution is 6.03. The maximum absolute atomic E-state index is 13.3. The first kappa shape index (κ1) is 19.6. The Bertz CT molecular complexity index is 879. The molecule has 1 aliphatic rings. The summed E-state index contributed by atoms with van der Waals surface area (Å²) in [5.74, 6) is -3.95. The molecule has 0 saturated carbocycles. The third kappa shape index (κ3) is 4.76. The summed E-state index contributed by atoms with van der Waals surface area (Å²) in [5.41, 5.74) is 0.216. The topological polar surface area (TPSA) is 58.6 Å². The number of hydrogen-bond donors (Lipinski definition) is 1. The average molecular weight is 400 g/mol. The zero-order chi connectivity index (χ0) is 20.5. The van der Waals surface area contributed by atoms with Crippen LogP contribution in [0.5, 0.6) is 5.75 Å². The molecule has 2 amide bonds. The first-order valence-electron chi connectivity index (χ1n) is 8.04. The largest absolute Gasteiger partial charge is 0.573 e. The minimum absolute atomic E-state index is 0.00597. The Kier molecular flexibility index (Phi) is 5.21. The van der Waals surface area contributed by atoms with Gasteiger partial charge in [-0.2, -0.15) is 0 Å². The maximum Gasteiger partial charge on any atom is 0.573 e. The van der Waals surface area contributed by atoms with Gasteiger partial charge < -0.3 is 15.0 Å². The maximum atomic E-state index is 13.3. The number of halogens is 5. The third-order valence-corrected chi connectivity index (χ3v) is 4.01. The summed E-state index contributed by atoms with van der Waals surface area (Å²) in [4.78, 5) is 25.6. The summed E-state index contributed by atoms with van der Waals surface area (Å²) in [7, 11) is 0. The van der Waals surface area contributed by atoms with Gasteiger partial charge in [0.25, 0.3) is 0 Å². The van der Waals surface area contributed by atoms with Crippen LogP contribution in [0.1, 0.15) is 6.42 Å². The standard InChI is InChI=1S/C18H13F5N2O3/c19-11-6-12(20)8-14(7-11)25-9-10(5-16(25)26)17(27)24-13-1-3-15(4-2-13)28-18(21,22)23/h1-4,6-8,10H,5,9H2,(H,24,27)/t10-/m0/s1. The molecule has 2 aromatic carbocycles. The van der Waals surface area contributed by atoms with Crippen LogP contribution in [0.15, 0.2) is 42.5 Å². The zero-order valence-electron chi connectivity index (χ0n) is 14.1. The zero-order valence-corrected chi connectivity index (χ0v) is 14.1. The molecule has 1 saturated heterocycles. The van der Waals surface area contributed by atoms with Crippen molar-refractivity contribution in [3.63, 3.8) is 0 Å². The van der Waals surface area contributed by atoms with Crippen LogP contribution in [-0.4, -0.2) is 24.7 Å². The predicted octanol–water partition coefficient (Wildman–Crippen LogP) is 3.86. The molecule has 10 heteroatoms. The lowest BCUT2D eigenvalue weighted by atomic mass is 10.1. The van der Waals surface area contributed by atoms with Gasteiger partial charge in [0.05, 0.1) is 5.92 Å². The molecule has 0 radical (unpaired) electrons. The summed E-state index contributed by atoms with van der Waals surface area (Å²) in [6, 6.07) is 7.14. The van der Waals surface area contributed by atoms with Crippen LogP contribution in [0.25, 0.3) is 0 Å². The molecule has 28 heavy (non-hydrogen) atoms. The lowest BCUT2D eigenvalue weighted by Gasteiger charge is -2.17. The Labute approximate surface area is 155 Å². The van der Waals surface area contributed by atoms with E-state index in [2.05, 4.69) is 10.1 Å². The molecule has 1 aliphatic heterocycles. The molecule has 2 aromatic rings. The second-order valence-corrected chi connectivity index (χ2v) is 6.09. The van der Waals surface area contributed by atoms with E-state index in [4.69, 9.17) is 0 Å². The van der Waals surface area contributed by atoms with Crippen LogP contribution >= 0.6 is 0 Å². The van der Waals surface area contributed by atoms with Gasteiger partial charge in [-0.25, -0.2) is 8.78 Å². The van der Waals surface area contributed by atoms with E-state index in [9.17, 15) is 31.5 Å². The highest BCUT2D eigenvalue weighted by Gasteiger charge is 2.35. The minimum atomic E-state index is -4.82. The number of carbonyl (C=O) groups is 2.